The smallest absolute Gasteiger partial charge is 0.412 e. The average molecular weight is 281 g/mol. The van der Waals surface area contributed by atoms with Crippen LogP contribution in [0.5, 0.6) is 5.75 Å². The summed E-state index contributed by atoms with van der Waals surface area (Å²) in [5.41, 5.74) is 0.00413. The molecule has 1 aromatic rings. The van der Waals surface area contributed by atoms with Gasteiger partial charge in [-0.25, -0.2) is 4.79 Å². The summed E-state index contributed by atoms with van der Waals surface area (Å²) in [6.45, 7) is 8.98. The maximum Gasteiger partial charge on any atom is 0.412 e. The molecule has 0 spiro atoms. The zero-order valence-corrected chi connectivity index (χ0v) is 12.7. The lowest BCUT2D eigenvalue weighted by Gasteiger charge is -2.23. The molecule has 0 fully saturated rings. The molecule has 1 amide bonds. The second-order valence-corrected chi connectivity index (χ2v) is 6.40. The molecule has 112 valence electrons. The van der Waals surface area contributed by atoms with Crippen molar-refractivity contribution in [3.8, 4) is 5.75 Å². The number of phenolic OH excluding ortho intramolecular Hbond substituents is 1. The first-order valence-electron chi connectivity index (χ1n) is 6.49. The summed E-state index contributed by atoms with van der Waals surface area (Å²) in [5, 5.41) is 21.7. The number of phenols is 1. The van der Waals surface area contributed by atoms with E-state index in [1.165, 1.54) is 6.07 Å². The fraction of sp³-hybridized carbons (Fsp3) is 0.533. The second kappa shape index (κ2) is 5.71. The van der Waals surface area contributed by atoms with Crippen molar-refractivity contribution in [3.05, 3.63) is 23.8 Å². The van der Waals surface area contributed by atoms with Crippen LogP contribution in [-0.2, 0) is 10.2 Å². The third kappa shape index (κ3) is 4.42. The van der Waals surface area contributed by atoms with E-state index in [-0.39, 0.29) is 18.0 Å². The van der Waals surface area contributed by atoms with Crippen molar-refractivity contribution in [2.45, 2.75) is 45.6 Å². The maximum atomic E-state index is 11.6. The summed E-state index contributed by atoms with van der Waals surface area (Å²) < 4.78 is 5.11. The highest BCUT2D eigenvalue weighted by molar-refractivity contribution is 5.87. The molecule has 0 heterocycles. The molecule has 0 aliphatic carbocycles. The Balaban J connectivity index is 2.87. The van der Waals surface area contributed by atoms with E-state index in [1.54, 1.807) is 32.9 Å². The van der Waals surface area contributed by atoms with Crippen LogP contribution in [0.1, 0.15) is 40.2 Å². The van der Waals surface area contributed by atoms with Crippen LogP contribution in [0.3, 0.4) is 0 Å². The van der Waals surface area contributed by atoms with Crippen molar-refractivity contribution in [3.63, 3.8) is 0 Å². The predicted octanol–water partition coefficient (Wildman–Crippen LogP) is 3.01. The summed E-state index contributed by atoms with van der Waals surface area (Å²) in [7, 11) is 0. The normalized spacial score (nSPS) is 12.1. The van der Waals surface area contributed by atoms with E-state index in [0.717, 1.165) is 5.56 Å². The first kappa shape index (κ1) is 16.3. The summed E-state index contributed by atoms with van der Waals surface area (Å²) in [6.07, 6.45) is -0.623. The lowest BCUT2D eigenvalue weighted by molar-refractivity contribution is 0.0635. The number of carbonyl (C=O) groups excluding carboxylic acids is 1. The van der Waals surface area contributed by atoms with Crippen molar-refractivity contribution in [1.82, 2.24) is 0 Å². The maximum absolute atomic E-state index is 11.6. The van der Waals surface area contributed by atoms with Crippen molar-refractivity contribution in [2.75, 3.05) is 11.9 Å². The number of aromatic hydroxyl groups is 1. The highest BCUT2D eigenvalue weighted by Gasteiger charge is 2.22. The molecular formula is C15H23NO4. The number of hydrogen-bond acceptors (Lipinski definition) is 4. The summed E-state index contributed by atoms with van der Waals surface area (Å²) >= 11 is 0. The Morgan fingerprint density at radius 3 is 2.30 bits per heavy atom. The molecular weight excluding hydrogens is 258 g/mol. The van der Waals surface area contributed by atoms with E-state index in [1.807, 2.05) is 13.8 Å². The molecule has 0 radical (unpaired) electrons. The summed E-state index contributed by atoms with van der Waals surface area (Å²) in [6, 6.07) is 4.87. The second-order valence-electron chi connectivity index (χ2n) is 6.40. The first-order valence-corrected chi connectivity index (χ1v) is 6.49. The van der Waals surface area contributed by atoms with Gasteiger partial charge < -0.3 is 14.9 Å². The number of rotatable bonds is 3. The zero-order chi connectivity index (χ0) is 15.6. The number of hydrogen-bond donors (Lipinski definition) is 3. The van der Waals surface area contributed by atoms with Crippen LogP contribution < -0.4 is 5.32 Å². The Labute approximate surface area is 119 Å². The molecule has 0 bridgehead atoms. The minimum atomic E-state index is -0.623. The van der Waals surface area contributed by atoms with Crippen LogP contribution in [0.4, 0.5) is 10.5 Å². The van der Waals surface area contributed by atoms with Gasteiger partial charge in [-0.15, -0.1) is 0 Å². The number of aliphatic hydroxyl groups is 1. The van der Waals surface area contributed by atoms with Gasteiger partial charge in [0, 0.05) is 5.41 Å². The molecule has 0 aliphatic heterocycles. The molecule has 1 rings (SSSR count). The minimum Gasteiger partial charge on any atom is -0.506 e. The highest BCUT2D eigenvalue weighted by atomic mass is 16.6. The number of benzene rings is 1. The number of carbonyl (C=O) groups is 1. The highest BCUT2D eigenvalue weighted by Crippen LogP contribution is 2.31. The van der Waals surface area contributed by atoms with E-state index in [9.17, 15) is 15.0 Å². The number of amides is 1. The van der Waals surface area contributed by atoms with Gasteiger partial charge in [0.25, 0.3) is 0 Å². The first-order chi connectivity index (χ1) is 9.05. The van der Waals surface area contributed by atoms with Crippen molar-refractivity contribution in [1.29, 1.82) is 0 Å². The summed E-state index contributed by atoms with van der Waals surface area (Å²) in [5.74, 6) is -0.0603. The van der Waals surface area contributed by atoms with Crippen LogP contribution in [0.15, 0.2) is 18.2 Å². The molecule has 0 atom stereocenters. The van der Waals surface area contributed by atoms with Gasteiger partial charge in [0.05, 0.1) is 12.3 Å². The molecule has 0 aromatic heterocycles. The fourth-order valence-electron chi connectivity index (χ4n) is 1.56. The number of ether oxygens (including phenoxy) is 1. The van der Waals surface area contributed by atoms with Gasteiger partial charge in [0.1, 0.15) is 11.4 Å². The predicted molar refractivity (Wildman–Crippen MR) is 78.1 cm³/mol. The molecule has 1 aromatic carbocycles. The van der Waals surface area contributed by atoms with Gasteiger partial charge in [-0.2, -0.15) is 0 Å². The van der Waals surface area contributed by atoms with E-state index in [4.69, 9.17) is 4.74 Å². The largest absolute Gasteiger partial charge is 0.506 e. The third-order valence-electron chi connectivity index (χ3n) is 2.81. The Bertz CT molecular complexity index is 489. The quantitative estimate of drug-likeness (QED) is 0.744. The topological polar surface area (TPSA) is 78.8 Å². The van der Waals surface area contributed by atoms with E-state index in [0.29, 0.717) is 0 Å². The van der Waals surface area contributed by atoms with Gasteiger partial charge in [-0.1, -0.05) is 19.9 Å². The van der Waals surface area contributed by atoms with Crippen molar-refractivity contribution >= 4 is 11.8 Å². The molecule has 0 saturated carbocycles. The third-order valence-corrected chi connectivity index (χ3v) is 2.81. The molecule has 5 nitrogen and oxygen atoms in total. The molecule has 3 N–H and O–H groups in total. The van der Waals surface area contributed by atoms with E-state index in [2.05, 4.69) is 5.32 Å². The van der Waals surface area contributed by atoms with Gasteiger partial charge >= 0.3 is 6.09 Å². The minimum absolute atomic E-state index is 0.0364. The Hall–Kier alpha value is -1.75. The monoisotopic (exact) mass is 281 g/mol. The molecule has 0 unspecified atom stereocenters. The van der Waals surface area contributed by atoms with Crippen LogP contribution >= 0.6 is 0 Å². The van der Waals surface area contributed by atoms with Crippen LogP contribution in [0.2, 0.25) is 0 Å². The van der Waals surface area contributed by atoms with Crippen LogP contribution in [0.25, 0.3) is 0 Å². The Morgan fingerprint density at radius 1 is 1.25 bits per heavy atom. The van der Waals surface area contributed by atoms with Crippen LogP contribution in [0, 0.1) is 0 Å². The van der Waals surface area contributed by atoms with E-state index >= 15 is 0 Å². The molecule has 5 heteroatoms. The Kier molecular flexibility index (Phi) is 4.65. The number of aliphatic hydroxyl groups excluding tert-OH is 1. The lowest BCUT2D eigenvalue weighted by Crippen LogP contribution is -2.27. The van der Waals surface area contributed by atoms with Crippen molar-refractivity contribution < 1.29 is 19.7 Å². The van der Waals surface area contributed by atoms with Gasteiger partial charge in [-0.3, -0.25) is 5.32 Å². The van der Waals surface area contributed by atoms with Crippen molar-refractivity contribution in [2.24, 2.45) is 0 Å². The zero-order valence-electron chi connectivity index (χ0n) is 12.7. The van der Waals surface area contributed by atoms with Crippen LogP contribution in [-0.4, -0.2) is 28.5 Å². The van der Waals surface area contributed by atoms with Gasteiger partial charge in [0.2, 0.25) is 0 Å². The average Bonchev–Trinajstić information content (AvgIpc) is 2.29. The number of anilines is 1. The molecule has 20 heavy (non-hydrogen) atoms. The lowest BCUT2D eigenvalue weighted by atomic mass is 9.85. The Morgan fingerprint density at radius 2 is 1.85 bits per heavy atom. The fourth-order valence-corrected chi connectivity index (χ4v) is 1.56. The summed E-state index contributed by atoms with van der Waals surface area (Å²) in [4.78, 5) is 11.6. The van der Waals surface area contributed by atoms with Gasteiger partial charge in [0.15, 0.2) is 0 Å². The molecule has 0 saturated heterocycles. The standard InChI is InChI=1S/C15H23NO4/c1-14(2,3)20-13(19)16-11-7-6-10(8-12(11)18)15(4,5)9-17/h6-8,17-18H,9H2,1-5H3,(H,16,19). The molecule has 0 aliphatic rings. The SMILES string of the molecule is CC(C)(C)OC(=O)Nc1ccc(C(C)(C)CO)cc1O. The number of nitrogens with one attached hydrogen (secondary N) is 1. The van der Waals surface area contributed by atoms with Gasteiger partial charge in [-0.05, 0) is 38.5 Å². The van der Waals surface area contributed by atoms with E-state index < -0.39 is 17.1 Å².